The van der Waals surface area contributed by atoms with Crippen LogP contribution in [0.2, 0.25) is 0 Å². The zero-order chi connectivity index (χ0) is 15.9. The number of aliphatic carboxylic acids is 1. The Hall–Kier alpha value is -1.79. The van der Waals surface area contributed by atoms with Crippen LogP contribution in [0.25, 0.3) is 0 Å². The summed E-state index contributed by atoms with van der Waals surface area (Å²) in [5.74, 6) is -2.22. The summed E-state index contributed by atoms with van der Waals surface area (Å²) in [4.78, 5) is 34.0. The zero-order valence-electron chi connectivity index (χ0n) is 12.5. The standard InChI is InChI=1S/C13H25N3O4/c1-5-8(4)10(16-13(14)20)11(17)15-6-9(7(2)3)12(18)19/h7-10H,5-6H2,1-4H3,(H,15,17)(H,18,19)(H3,14,16,20). The fourth-order valence-corrected chi connectivity index (χ4v) is 1.78. The van der Waals surface area contributed by atoms with Crippen molar-refractivity contribution >= 4 is 17.9 Å². The molecule has 0 aromatic heterocycles. The first-order valence-electron chi connectivity index (χ1n) is 6.77. The first kappa shape index (κ1) is 18.2. The molecule has 0 bridgehead atoms. The second-order valence-electron chi connectivity index (χ2n) is 5.31. The van der Waals surface area contributed by atoms with Crippen LogP contribution in [0.3, 0.4) is 0 Å². The van der Waals surface area contributed by atoms with E-state index in [1.165, 1.54) is 0 Å². The highest BCUT2D eigenvalue weighted by molar-refractivity contribution is 5.87. The minimum atomic E-state index is -0.955. The van der Waals surface area contributed by atoms with Crippen molar-refractivity contribution < 1.29 is 19.5 Å². The summed E-state index contributed by atoms with van der Waals surface area (Å²) < 4.78 is 0. The molecule has 0 radical (unpaired) electrons. The number of carbonyl (C=O) groups excluding carboxylic acids is 2. The highest BCUT2D eigenvalue weighted by Crippen LogP contribution is 2.11. The molecule has 0 aromatic rings. The predicted molar refractivity (Wildman–Crippen MR) is 74.9 cm³/mol. The summed E-state index contributed by atoms with van der Waals surface area (Å²) in [5, 5.41) is 14.0. The van der Waals surface area contributed by atoms with Gasteiger partial charge >= 0.3 is 12.0 Å². The molecule has 7 heteroatoms. The lowest BCUT2D eigenvalue weighted by atomic mass is 9.95. The van der Waals surface area contributed by atoms with E-state index >= 15 is 0 Å². The fraction of sp³-hybridized carbons (Fsp3) is 0.769. The van der Waals surface area contributed by atoms with E-state index in [0.29, 0.717) is 6.42 Å². The smallest absolute Gasteiger partial charge is 0.312 e. The Labute approximate surface area is 119 Å². The van der Waals surface area contributed by atoms with Crippen LogP contribution in [0.5, 0.6) is 0 Å². The summed E-state index contributed by atoms with van der Waals surface area (Å²) in [6, 6.07) is -1.52. The van der Waals surface area contributed by atoms with Crippen molar-refractivity contribution in [1.29, 1.82) is 0 Å². The summed E-state index contributed by atoms with van der Waals surface area (Å²) >= 11 is 0. The minimum absolute atomic E-state index is 0.0270. The highest BCUT2D eigenvalue weighted by atomic mass is 16.4. The van der Waals surface area contributed by atoms with Gasteiger partial charge in [-0.05, 0) is 11.8 Å². The number of carbonyl (C=O) groups is 3. The summed E-state index contributed by atoms with van der Waals surface area (Å²) in [5.41, 5.74) is 5.05. The van der Waals surface area contributed by atoms with Crippen LogP contribution in [-0.2, 0) is 9.59 Å². The zero-order valence-corrected chi connectivity index (χ0v) is 12.5. The van der Waals surface area contributed by atoms with Gasteiger partial charge in [-0.2, -0.15) is 0 Å². The molecule has 5 N–H and O–H groups in total. The van der Waals surface area contributed by atoms with Crippen LogP contribution in [-0.4, -0.2) is 35.6 Å². The monoisotopic (exact) mass is 287 g/mol. The molecule has 0 rings (SSSR count). The Morgan fingerprint density at radius 3 is 2.10 bits per heavy atom. The van der Waals surface area contributed by atoms with Gasteiger partial charge in [0.15, 0.2) is 0 Å². The molecule has 0 aliphatic carbocycles. The van der Waals surface area contributed by atoms with E-state index in [2.05, 4.69) is 10.6 Å². The van der Waals surface area contributed by atoms with Gasteiger partial charge in [0.2, 0.25) is 5.91 Å². The van der Waals surface area contributed by atoms with Crippen molar-refractivity contribution in [3.05, 3.63) is 0 Å². The number of urea groups is 1. The van der Waals surface area contributed by atoms with Crippen LogP contribution >= 0.6 is 0 Å². The maximum Gasteiger partial charge on any atom is 0.312 e. The first-order valence-corrected chi connectivity index (χ1v) is 6.77. The fourth-order valence-electron chi connectivity index (χ4n) is 1.78. The molecule has 0 fully saturated rings. The molecule has 0 heterocycles. The molecule has 3 atom stereocenters. The number of nitrogens with one attached hydrogen (secondary N) is 2. The number of primary amides is 1. The molecule has 0 aromatic carbocycles. The van der Waals surface area contributed by atoms with Gasteiger partial charge in [0.25, 0.3) is 0 Å². The summed E-state index contributed by atoms with van der Waals surface area (Å²) in [6.07, 6.45) is 0.685. The van der Waals surface area contributed by atoms with Crippen molar-refractivity contribution in [2.45, 2.75) is 40.2 Å². The van der Waals surface area contributed by atoms with E-state index in [0.717, 1.165) is 0 Å². The molecule has 3 unspecified atom stereocenters. The lowest BCUT2D eigenvalue weighted by Gasteiger charge is -2.24. The van der Waals surface area contributed by atoms with Crippen LogP contribution in [0.4, 0.5) is 4.79 Å². The molecular formula is C13H25N3O4. The van der Waals surface area contributed by atoms with Crippen molar-refractivity contribution in [1.82, 2.24) is 10.6 Å². The largest absolute Gasteiger partial charge is 0.481 e. The van der Waals surface area contributed by atoms with Gasteiger partial charge in [-0.3, -0.25) is 9.59 Å². The molecule has 116 valence electrons. The Balaban J connectivity index is 4.67. The number of carboxylic acids is 1. The van der Waals surface area contributed by atoms with Gasteiger partial charge in [-0.1, -0.05) is 34.1 Å². The molecule has 0 saturated heterocycles. The van der Waals surface area contributed by atoms with Crippen molar-refractivity contribution in [3.8, 4) is 0 Å². The third-order valence-electron chi connectivity index (χ3n) is 3.41. The lowest BCUT2D eigenvalue weighted by Crippen LogP contribution is -2.53. The number of nitrogens with two attached hydrogens (primary N) is 1. The van der Waals surface area contributed by atoms with E-state index in [1.807, 2.05) is 13.8 Å². The molecule has 0 saturated carbocycles. The molecule has 0 aliphatic heterocycles. The van der Waals surface area contributed by atoms with Crippen LogP contribution in [0.15, 0.2) is 0 Å². The van der Waals surface area contributed by atoms with E-state index in [4.69, 9.17) is 10.8 Å². The van der Waals surface area contributed by atoms with Crippen molar-refractivity contribution in [2.24, 2.45) is 23.5 Å². The normalized spacial score (nSPS) is 15.2. The second kappa shape index (κ2) is 8.39. The first-order chi connectivity index (χ1) is 9.20. The van der Waals surface area contributed by atoms with Crippen LogP contribution in [0.1, 0.15) is 34.1 Å². The average molecular weight is 287 g/mol. The molecule has 3 amide bonds. The number of hydrogen-bond acceptors (Lipinski definition) is 3. The van der Waals surface area contributed by atoms with E-state index in [1.54, 1.807) is 13.8 Å². The maximum absolute atomic E-state index is 12.1. The number of rotatable bonds is 8. The minimum Gasteiger partial charge on any atom is -0.481 e. The van der Waals surface area contributed by atoms with Gasteiger partial charge in [-0.25, -0.2) is 4.79 Å². The predicted octanol–water partition coefficient (Wildman–Crippen LogP) is 0.542. The van der Waals surface area contributed by atoms with Gasteiger partial charge < -0.3 is 21.5 Å². The van der Waals surface area contributed by atoms with E-state index < -0.39 is 29.9 Å². The second-order valence-corrected chi connectivity index (χ2v) is 5.31. The molecule has 7 nitrogen and oxygen atoms in total. The highest BCUT2D eigenvalue weighted by Gasteiger charge is 2.27. The van der Waals surface area contributed by atoms with E-state index in [9.17, 15) is 14.4 Å². The third kappa shape index (κ3) is 5.90. The Kier molecular flexibility index (Phi) is 7.64. The van der Waals surface area contributed by atoms with Crippen molar-refractivity contribution in [2.75, 3.05) is 6.54 Å². The number of amides is 3. The Morgan fingerprint density at radius 1 is 1.20 bits per heavy atom. The molecule has 0 aliphatic rings. The topological polar surface area (TPSA) is 122 Å². The Bertz CT molecular complexity index is 358. The van der Waals surface area contributed by atoms with Gasteiger partial charge in [-0.15, -0.1) is 0 Å². The SMILES string of the molecule is CCC(C)C(NC(N)=O)C(=O)NCC(C(=O)O)C(C)C. The van der Waals surface area contributed by atoms with Gasteiger partial charge in [0, 0.05) is 6.54 Å². The third-order valence-corrected chi connectivity index (χ3v) is 3.41. The van der Waals surface area contributed by atoms with Crippen molar-refractivity contribution in [3.63, 3.8) is 0 Å². The molecule has 20 heavy (non-hydrogen) atoms. The Morgan fingerprint density at radius 2 is 1.75 bits per heavy atom. The molecular weight excluding hydrogens is 262 g/mol. The average Bonchev–Trinajstić information content (AvgIpc) is 2.33. The molecule has 0 spiro atoms. The lowest BCUT2D eigenvalue weighted by molar-refractivity contribution is -0.143. The summed E-state index contributed by atoms with van der Waals surface area (Å²) in [7, 11) is 0. The van der Waals surface area contributed by atoms with Crippen LogP contribution < -0.4 is 16.4 Å². The number of carboxylic acid groups (broad SMARTS) is 1. The summed E-state index contributed by atoms with van der Waals surface area (Å²) in [6.45, 7) is 7.29. The number of hydrogen-bond donors (Lipinski definition) is 4. The van der Waals surface area contributed by atoms with Crippen LogP contribution in [0, 0.1) is 17.8 Å². The van der Waals surface area contributed by atoms with Gasteiger partial charge in [0.1, 0.15) is 6.04 Å². The van der Waals surface area contributed by atoms with E-state index in [-0.39, 0.29) is 18.4 Å². The quantitative estimate of drug-likeness (QED) is 0.520. The maximum atomic E-state index is 12.1. The van der Waals surface area contributed by atoms with Gasteiger partial charge in [0.05, 0.1) is 5.92 Å².